The molecule has 0 aliphatic heterocycles. The fraction of sp³-hybridized carbons (Fsp3) is 0.286. The van der Waals surface area contributed by atoms with Crippen LogP contribution in [-0.2, 0) is 10.0 Å². The zero-order valence-corrected chi connectivity index (χ0v) is 13.3. The van der Waals surface area contributed by atoms with Crippen molar-refractivity contribution < 1.29 is 13.2 Å². The predicted octanol–water partition coefficient (Wildman–Crippen LogP) is 3.56. The highest BCUT2D eigenvalue weighted by atomic mass is 32.2. The van der Waals surface area contributed by atoms with Gasteiger partial charge in [0.1, 0.15) is 10.6 Å². The van der Waals surface area contributed by atoms with Gasteiger partial charge in [0.2, 0.25) is 0 Å². The summed E-state index contributed by atoms with van der Waals surface area (Å²) >= 11 is 1.47. The molecule has 2 rings (SSSR count). The number of hydrogen-bond acceptors (Lipinski definition) is 4. The van der Waals surface area contributed by atoms with Crippen molar-refractivity contribution in [2.45, 2.75) is 25.7 Å². The van der Waals surface area contributed by atoms with Crippen LogP contribution >= 0.6 is 11.3 Å². The summed E-state index contributed by atoms with van der Waals surface area (Å²) in [7, 11) is -3.58. The average Bonchev–Trinajstić information content (AvgIpc) is 2.72. The molecule has 0 saturated carbocycles. The van der Waals surface area contributed by atoms with E-state index in [4.69, 9.17) is 4.74 Å². The second-order valence-corrected chi connectivity index (χ2v) is 7.42. The Hall–Kier alpha value is -1.53. The fourth-order valence-corrected chi connectivity index (χ4v) is 4.53. The van der Waals surface area contributed by atoms with E-state index < -0.39 is 10.0 Å². The van der Waals surface area contributed by atoms with Crippen LogP contribution in [0.2, 0.25) is 0 Å². The number of nitrogens with one attached hydrogen (secondary N) is 1. The lowest BCUT2D eigenvalue weighted by Crippen LogP contribution is -2.14. The van der Waals surface area contributed by atoms with Crippen molar-refractivity contribution in [1.29, 1.82) is 0 Å². The van der Waals surface area contributed by atoms with Crippen molar-refractivity contribution in [2.75, 3.05) is 11.3 Å². The number of benzene rings is 1. The van der Waals surface area contributed by atoms with E-state index in [1.807, 2.05) is 19.9 Å². The first-order chi connectivity index (χ1) is 9.44. The maximum atomic E-state index is 12.4. The molecule has 1 N–H and O–H groups in total. The molecule has 0 bridgehead atoms. The summed E-state index contributed by atoms with van der Waals surface area (Å²) in [6.45, 7) is 6.04. The van der Waals surface area contributed by atoms with E-state index in [9.17, 15) is 8.42 Å². The number of ether oxygens (including phenoxy) is 1. The maximum Gasteiger partial charge on any atom is 0.263 e. The lowest BCUT2D eigenvalue weighted by molar-refractivity contribution is 0.342. The van der Waals surface area contributed by atoms with Gasteiger partial charge in [-0.25, -0.2) is 8.42 Å². The standard InChI is InChI=1S/C14H17NO3S2/c1-4-18-13-8-6-5-7-12(13)15-20(16,17)14-9-10(2)19-11(14)3/h5-9,15H,4H2,1-3H3. The number of hydrogen-bond donors (Lipinski definition) is 1. The second-order valence-electron chi connectivity index (χ2n) is 4.31. The van der Waals surface area contributed by atoms with Gasteiger partial charge in [0.05, 0.1) is 12.3 Å². The first kappa shape index (κ1) is 14.9. The maximum absolute atomic E-state index is 12.4. The Kier molecular flexibility index (Phi) is 4.35. The molecular formula is C14H17NO3S2. The summed E-state index contributed by atoms with van der Waals surface area (Å²) in [5, 5.41) is 0. The van der Waals surface area contributed by atoms with Crippen LogP contribution in [0.4, 0.5) is 5.69 Å². The molecule has 0 fully saturated rings. The van der Waals surface area contributed by atoms with E-state index in [-0.39, 0.29) is 0 Å². The van der Waals surface area contributed by atoms with Crippen molar-refractivity contribution in [1.82, 2.24) is 0 Å². The van der Waals surface area contributed by atoms with E-state index in [0.29, 0.717) is 22.9 Å². The minimum atomic E-state index is -3.58. The summed E-state index contributed by atoms with van der Waals surface area (Å²) in [6.07, 6.45) is 0. The summed E-state index contributed by atoms with van der Waals surface area (Å²) in [5.41, 5.74) is 0.456. The summed E-state index contributed by atoms with van der Waals surface area (Å²) in [6, 6.07) is 8.70. The van der Waals surface area contributed by atoms with Gasteiger partial charge in [0, 0.05) is 9.75 Å². The fourth-order valence-electron chi connectivity index (χ4n) is 1.91. The number of sulfonamides is 1. The SMILES string of the molecule is CCOc1ccccc1NS(=O)(=O)c1cc(C)sc1C. The Balaban J connectivity index is 2.36. The van der Waals surface area contributed by atoms with Gasteiger partial charge in [-0.15, -0.1) is 11.3 Å². The largest absolute Gasteiger partial charge is 0.492 e. The van der Waals surface area contributed by atoms with E-state index in [1.165, 1.54) is 11.3 Å². The molecule has 0 aliphatic carbocycles. The molecule has 4 nitrogen and oxygen atoms in total. The molecule has 0 amide bonds. The van der Waals surface area contributed by atoms with Crippen LogP contribution < -0.4 is 9.46 Å². The minimum Gasteiger partial charge on any atom is -0.492 e. The molecule has 0 spiro atoms. The molecular weight excluding hydrogens is 294 g/mol. The highest BCUT2D eigenvalue weighted by Gasteiger charge is 2.20. The Labute approximate surface area is 123 Å². The van der Waals surface area contributed by atoms with Crippen LogP contribution in [0, 0.1) is 13.8 Å². The molecule has 0 aliphatic rings. The normalized spacial score (nSPS) is 11.3. The zero-order valence-electron chi connectivity index (χ0n) is 11.6. The molecule has 6 heteroatoms. The molecule has 1 aromatic carbocycles. The number of para-hydroxylation sites is 2. The van der Waals surface area contributed by atoms with Gasteiger partial charge in [0.25, 0.3) is 10.0 Å². The van der Waals surface area contributed by atoms with Gasteiger partial charge >= 0.3 is 0 Å². The Morgan fingerprint density at radius 1 is 1.25 bits per heavy atom. The highest BCUT2D eigenvalue weighted by molar-refractivity contribution is 7.93. The van der Waals surface area contributed by atoms with E-state index in [1.54, 1.807) is 31.2 Å². The monoisotopic (exact) mass is 311 g/mol. The van der Waals surface area contributed by atoms with Gasteiger partial charge < -0.3 is 4.74 Å². The van der Waals surface area contributed by atoms with E-state index in [0.717, 1.165) is 9.75 Å². The summed E-state index contributed by atoms with van der Waals surface area (Å²) < 4.78 is 32.9. The molecule has 20 heavy (non-hydrogen) atoms. The van der Waals surface area contributed by atoms with Gasteiger partial charge in [0.15, 0.2) is 0 Å². The van der Waals surface area contributed by atoms with Crippen molar-refractivity contribution in [3.63, 3.8) is 0 Å². The smallest absolute Gasteiger partial charge is 0.263 e. The number of thiophene rings is 1. The third-order valence-corrected chi connectivity index (χ3v) is 5.30. The molecule has 0 radical (unpaired) electrons. The topological polar surface area (TPSA) is 55.4 Å². The van der Waals surface area contributed by atoms with Crippen LogP contribution in [0.3, 0.4) is 0 Å². The lowest BCUT2D eigenvalue weighted by atomic mass is 10.3. The molecule has 2 aromatic rings. The van der Waals surface area contributed by atoms with Crippen LogP contribution in [0.15, 0.2) is 35.2 Å². The molecule has 1 heterocycles. The van der Waals surface area contributed by atoms with Crippen LogP contribution in [0.5, 0.6) is 5.75 Å². The van der Waals surface area contributed by atoms with Crippen molar-refractivity contribution >= 4 is 27.0 Å². The molecule has 0 unspecified atom stereocenters. The predicted molar refractivity (Wildman–Crippen MR) is 82.2 cm³/mol. The average molecular weight is 311 g/mol. The second kappa shape index (κ2) is 5.85. The van der Waals surface area contributed by atoms with Crippen LogP contribution in [0.1, 0.15) is 16.7 Å². The Morgan fingerprint density at radius 2 is 1.95 bits per heavy atom. The number of rotatable bonds is 5. The highest BCUT2D eigenvalue weighted by Crippen LogP contribution is 2.30. The zero-order chi connectivity index (χ0) is 14.8. The molecule has 0 saturated heterocycles. The van der Waals surface area contributed by atoms with Gasteiger partial charge in [-0.05, 0) is 39.0 Å². The van der Waals surface area contributed by atoms with Gasteiger partial charge in [-0.1, -0.05) is 12.1 Å². The lowest BCUT2D eigenvalue weighted by Gasteiger charge is -2.12. The summed E-state index contributed by atoms with van der Waals surface area (Å²) in [5.74, 6) is 0.531. The Bertz CT molecular complexity index is 705. The van der Waals surface area contributed by atoms with E-state index >= 15 is 0 Å². The third-order valence-electron chi connectivity index (χ3n) is 2.72. The number of anilines is 1. The quantitative estimate of drug-likeness (QED) is 0.918. The van der Waals surface area contributed by atoms with Crippen molar-refractivity contribution in [3.05, 3.63) is 40.1 Å². The van der Waals surface area contributed by atoms with Crippen molar-refractivity contribution in [2.24, 2.45) is 0 Å². The summed E-state index contributed by atoms with van der Waals surface area (Å²) in [4.78, 5) is 2.08. The first-order valence-electron chi connectivity index (χ1n) is 6.25. The van der Waals surface area contributed by atoms with Gasteiger partial charge in [-0.2, -0.15) is 0 Å². The molecule has 108 valence electrons. The molecule has 0 atom stereocenters. The van der Waals surface area contributed by atoms with E-state index in [2.05, 4.69) is 4.72 Å². The molecule has 1 aromatic heterocycles. The minimum absolute atomic E-state index is 0.325. The first-order valence-corrected chi connectivity index (χ1v) is 8.55. The third kappa shape index (κ3) is 3.13. The Morgan fingerprint density at radius 3 is 2.55 bits per heavy atom. The van der Waals surface area contributed by atoms with Gasteiger partial charge in [-0.3, -0.25) is 4.72 Å². The van der Waals surface area contributed by atoms with Crippen LogP contribution in [0.25, 0.3) is 0 Å². The van der Waals surface area contributed by atoms with Crippen LogP contribution in [-0.4, -0.2) is 15.0 Å². The number of aryl methyl sites for hydroxylation is 2. The van der Waals surface area contributed by atoms with Crippen molar-refractivity contribution in [3.8, 4) is 5.75 Å².